The number of carbonyl (C=O) groups is 2. The minimum atomic E-state index is -0.236. The van der Waals surface area contributed by atoms with E-state index in [0.717, 1.165) is 54.0 Å². The highest BCUT2D eigenvalue weighted by Gasteiger charge is 2.33. The highest BCUT2D eigenvalue weighted by atomic mass is 16.5. The lowest BCUT2D eigenvalue weighted by atomic mass is 9.80. The summed E-state index contributed by atoms with van der Waals surface area (Å²) in [6.07, 6.45) is 1.81. The van der Waals surface area contributed by atoms with Gasteiger partial charge in [0.05, 0.1) is 13.0 Å². The monoisotopic (exact) mass is 504 g/mol. The Morgan fingerprint density at radius 3 is 2.05 bits per heavy atom. The molecule has 1 heterocycles. The van der Waals surface area contributed by atoms with Crippen LogP contribution in [0, 0.1) is 5.92 Å². The van der Waals surface area contributed by atoms with E-state index in [1.807, 2.05) is 109 Å². The molecule has 1 unspecified atom stereocenters. The fourth-order valence-corrected chi connectivity index (χ4v) is 5.38. The second-order valence-electron chi connectivity index (χ2n) is 9.65. The van der Waals surface area contributed by atoms with Gasteiger partial charge in [-0.1, -0.05) is 78.9 Å². The minimum Gasteiger partial charge on any atom is -0.469 e. The molecule has 1 fully saturated rings. The average molecular weight is 505 g/mol. The van der Waals surface area contributed by atoms with Gasteiger partial charge in [0.2, 0.25) is 0 Å². The molecule has 1 amide bonds. The number of hydrogen-bond donors (Lipinski definition) is 1. The molecule has 1 N–H and O–H groups in total. The second kappa shape index (κ2) is 11.8. The van der Waals surface area contributed by atoms with Crippen LogP contribution in [0.1, 0.15) is 34.7 Å². The van der Waals surface area contributed by atoms with Crippen LogP contribution in [0.25, 0.3) is 11.1 Å². The third-order valence-electron chi connectivity index (χ3n) is 7.37. The van der Waals surface area contributed by atoms with Gasteiger partial charge < -0.3 is 15.0 Å². The number of rotatable bonds is 7. The Hall–Kier alpha value is -4.38. The van der Waals surface area contributed by atoms with E-state index in [2.05, 4.69) is 10.2 Å². The van der Waals surface area contributed by atoms with Crippen molar-refractivity contribution >= 4 is 23.3 Å². The fourth-order valence-electron chi connectivity index (χ4n) is 5.38. The number of ether oxygens (including phenoxy) is 1. The van der Waals surface area contributed by atoms with Crippen LogP contribution in [0.2, 0.25) is 0 Å². The van der Waals surface area contributed by atoms with Crippen molar-refractivity contribution < 1.29 is 14.3 Å². The number of anilines is 2. The van der Waals surface area contributed by atoms with Crippen molar-refractivity contribution in [2.75, 3.05) is 30.4 Å². The Morgan fingerprint density at radius 2 is 1.39 bits per heavy atom. The molecule has 1 aliphatic rings. The molecule has 1 saturated heterocycles. The van der Waals surface area contributed by atoms with E-state index in [9.17, 15) is 9.59 Å². The van der Waals surface area contributed by atoms with E-state index in [4.69, 9.17) is 4.74 Å². The van der Waals surface area contributed by atoms with E-state index < -0.39 is 0 Å². The van der Waals surface area contributed by atoms with Gasteiger partial charge in [-0.25, -0.2) is 0 Å². The highest BCUT2D eigenvalue weighted by molar-refractivity contribution is 6.08. The lowest BCUT2D eigenvalue weighted by Crippen LogP contribution is -2.37. The summed E-state index contributed by atoms with van der Waals surface area (Å²) in [5.74, 6) is -0.291. The number of methoxy groups -OCH3 is 1. The largest absolute Gasteiger partial charge is 0.469 e. The van der Waals surface area contributed by atoms with Gasteiger partial charge in [0, 0.05) is 30.0 Å². The number of nitrogens with zero attached hydrogens (tertiary/aromatic N) is 1. The Bertz CT molecular complexity index is 1360. The molecule has 5 nitrogen and oxygen atoms in total. The number of esters is 1. The number of hydrogen-bond acceptors (Lipinski definition) is 4. The summed E-state index contributed by atoms with van der Waals surface area (Å²) in [4.78, 5) is 28.1. The minimum absolute atomic E-state index is 0.132. The van der Waals surface area contributed by atoms with Crippen molar-refractivity contribution in [3.63, 3.8) is 0 Å². The van der Waals surface area contributed by atoms with Crippen molar-refractivity contribution in [3.05, 3.63) is 120 Å². The summed E-state index contributed by atoms with van der Waals surface area (Å²) in [5, 5.41) is 3.05. The number of carbonyl (C=O) groups excluding carboxylic acids is 2. The summed E-state index contributed by atoms with van der Waals surface area (Å²) >= 11 is 0. The van der Waals surface area contributed by atoms with Crippen LogP contribution < -0.4 is 10.2 Å². The summed E-state index contributed by atoms with van der Waals surface area (Å²) in [6.45, 7) is 1.72. The maximum Gasteiger partial charge on any atom is 0.313 e. The number of nitrogens with one attached hydrogen (secondary N) is 1. The molecule has 1 aliphatic heterocycles. The van der Waals surface area contributed by atoms with E-state index in [0.29, 0.717) is 5.56 Å². The summed E-state index contributed by atoms with van der Waals surface area (Å²) in [5.41, 5.74) is 5.45. The average Bonchev–Trinajstić information content (AvgIpc) is 2.99. The Morgan fingerprint density at radius 1 is 0.789 bits per heavy atom. The SMILES string of the molecule is COC(=O)C(c1ccccc1)C1CCN(c2ccc(NC(=O)c3ccccc3-c3ccccc3)cc2)CC1. The number of benzene rings is 4. The molecule has 0 spiro atoms. The van der Waals surface area contributed by atoms with Crippen LogP contribution in [-0.4, -0.2) is 32.1 Å². The van der Waals surface area contributed by atoms with Crippen molar-refractivity contribution in [1.82, 2.24) is 0 Å². The van der Waals surface area contributed by atoms with Gasteiger partial charge in [-0.05, 0) is 65.8 Å². The topological polar surface area (TPSA) is 58.6 Å². The molecule has 1 atom stereocenters. The molecule has 38 heavy (non-hydrogen) atoms. The van der Waals surface area contributed by atoms with Crippen LogP contribution in [0.3, 0.4) is 0 Å². The molecule has 192 valence electrons. The predicted molar refractivity (Wildman–Crippen MR) is 152 cm³/mol. The molecule has 0 aromatic heterocycles. The Labute approximate surface area is 224 Å². The zero-order valence-electron chi connectivity index (χ0n) is 21.5. The molecule has 0 radical (unpaired) electrons. The molecular weight excluding hydrogens is 472 g/mol. The van der Waals surface area contributed by atoms with Gasteiger partial charge in [0.15, 0.2) is 0 Å². The van der Waals surface area contributed by atoms with E-state index in [1.54, 1.807) is 0 Å². The smallest absolute Gasteiger partial charge is 0.313 e. The van der Waals surface area contributed by atoms with Gasteiger partial charge in [0.25, 0.3) is 5.91 Å². The van der Waals surface area contributed by atoms with Crippen LogP contribution in [0.4, 0.5) is 11.4 Å². The lowest BCUT2D eigenvalue weighted by Gasteiger charge is -2.36. The lowest BCUT2D eigenvalue weighted by molar-refractivity contribution is -0.144. The Kier molecular flexibility index (Phi) is 7.84. The molecule has 0 aliphatic carbocycles. The first kappa shape index (κ1) is 25.3. The van der Waals surface area contributed by atoms with Gasteiger partial charge in [-0.3, -0.25) is 9.59 Å². The third kappa shape index (κ3) is 5.62. The van der Waals surface area contributed by atoms with E-state index in [1.165, 1.54) is 7.11 Å². The van der Waals surface area contributed by atoms with Crippen LogP contribution >= 0.6 is 0 Å². The van der Waals surface area contributed by atoms with Crippen molar-refractivity contribution in [1.29, 1.82) is 0 Å². The molecule has 4 aromatic carbocycles. The van der Waals surface area contributed by atoms with Crippen molar-refractivity contribution in [3.8, 4) is 11.1 Å². The number of amides is 1. The van der Waals surface area contributed by atoms with Gasteiger partial charge >= 0.3 is 5.97 Å². The molecule has 0 bridgehead atoms. The highest BCUT2D eigenvalue weighted by Crippen LogP contribution is 2.35. The van der Waals surface area contributed by atoms with Gasteiger partial charge in [-0.2, -0.15) is 0 Å². The standard InChI is InChI=1S/C33H32N2O3/c1-38-33(37)31(25-12-6-3-7-13-25)26-20-22-35(23-21-26)28-18-16-27(17-19-28)34-32(36)30-15-9-8-14-29(30)24-10-4-2-5-11-24/h2-19,26,31H,20-23H2,1H3,(H,34,36). The molecule has 5 heteroatoms. The summed E-state index contributed by atoms with van der Waals surface area (Å²) < 4.78 is 5.15. The first-order chi connectivity index (χ1) is 18.6. The number of piperidine rings is 1. The quantitative estimate of drug-likeness (QED) is 0.282. The second-order valence-corrected chi connectivity index (χ2v) is 9.65. The maximum absolute atomic E-state index is 13.1. The van der Waals surface area contributed by atoms with Gasteiger partial charge in [0.1, 0.15) is 0 Å². The van der Waals surface area contributed by atoms with Crippen molar-refractivity contribution in [2.45, 2.75) is 18.8 Å². The zero-order chi connectivity index (χ0) is 26.3. The summed E-state index contributed by atoms with van der Waals surface area (Å²) in [6, 6.07) is 35.5. The van der Waals surface area contributed by atoms with Crippen LogP contribution in [-0.2, 0) is 9.53 Å². The third-order valence-corrected chi connectivity index (χ3v) is 7.37. The predicted octanol–water partition coefficient (Wildman–Crippen LogP) is 6.78. The first-order valence-electron chi connectivity index (χ1n) is 13.1. The van der Waals surface area contributed by atoms with Gasteiger partial charge in [-0.15, -0.1) is 0 Å². The van der Waals surface area contributed by atoms with Crippen LogP contribution in [0.5, 0.6) is 0 Å². The molecular formula is C33H32N2O3. The Balaban J connectivity index is 1.23. The van der Waals surface area contributed by atoms with Crippen LogP contribution in [0.15, 0.2) is 109 Å². The zero-order valence-corrected chi connectivity index (χ0v) is 21.5. The molecule has 4 aromatic rings. The van der Waals surface area contributed by atoms with E-state index in [-0.39, 0.29) is 23.7 Å². The fraction of sp³-hybridized carbons (Fsp3) is 0.212. The van der Waals surface area contributed by atoms with E-state index >= 15 is 0 Å². The molecule has 0 saturated carbocycles. The normalized spacial score (nSPS) is 14.5. The van der Waals surface area contributed by atoms with Crippen molar-refractivity contribution in [2.24, 2.45) is 5.92 Å². The summed E-state index contributed by atoms with van der Waals surface area (Å²) in [7, 11) is 1.47. The maximum atomic E-state index is 13.1. The molecule has 5 rings (SSSR count). The first-order valence-corrected chi connectivity index (χ1v) is 13.1.